The summed E-state index contributed by atoms with van der Waals surface area (Å²) in [5.74, 6) is 0.372. The molecule has 9 heteroatoms. The van der Waals surface area contributed by atoms with E-state index in [1.807, 2.05) is 37.3 Å². The summed E-state index contributed by atoms with van der Waals surface area (Å²) in [6.45, 7) is 2.03. The molecular formula is C26H18Cl2F3NO3. The third-order valence-electron chi connectivity index (χ3n) is 6.13. The molecule has 35 heavy (non-hydrogen) atoms. The van der Waals surface area contributed by atoms with Crippen LogP contribution in [0.25, 0.3) is 11.0 Å². The van der Waals surface area contributed by atoms with E-state index in [-0.39, 0.29) is 18.3 Å². The number of rotatable bonds is 3. The molecule has 0 N–H and O–H groups in total. The molecule has 0 saturated heterocycles. The average molecular weight is 520 g/mol. The topological polar surface area (TPSA) is 42.7 Å². The van der Waals surface area contributed by atoms with E-state index in [4.69, 9.17) is 32.4 Å². The monoisotopic (exact) mass is 519 g/mol. The molecule has 5 rings (SSSR count). The summed E-state index contributed by atoms with van der Waals surface area (Å²) in [7, 11) is 0. The van der Waals surface area contributed by atoms with Crippen molar-refractivity contribution < 1.29 is 22.3 Å². The lowest BCUT2D eigenvalue weighted by Gasteiger charge is -2.32. The third kappa shape index (κ3) is 4.34. The van der Waals surface area contributed by atoms with Gasteiger partial charge >= 0.3 is 11.8 Å². The molecular weight excluding hydrogens is 502 g/mol. The van der Waals surface area contributed by atoms with Crippen molar-refractivity contribution in [3.05, 3.63) is 103 Å². The van der Waals surface area contributed by atoms with Gasteiger partial charge in [0, 0.05) is 17.4 Å². The van der Waals surface area contributed by atoms with Crippen LogP contribution >= 0.6 is 23.2 Å². The summed E-state index contributed by atoms with van der Waals surface area (Å²) in [6, 6.07) is 14.4. The number of alkyl halides is 3. The number of aryl methyl sites for hydroxylation is 1. The van der Waals surface area contributed by atoms with Gasteiger partial charge in [-0.15, -0.1) is 0 Å². The van der Waals surface area contributed by atoms with Crippen molar-refractivity contribution in [2.75, 3.05) is 11.6 Å². The van der Waals surface area contributed by atoms with Crippen LogP contribution in [0.4, 0.5) is 18.9 Å². The van der Waals surface area contributed by atoms with Crippen molar-refractivity contribution in [3.8, 4) is 5.75 Å². The lowest BCUT2D eigenvalue weighted by atomic mass is 9.97. The van der Waals surface area contributed by atoms with Gasteiger partial charge in [-0.25, -0.2) is 4.79 Å². The maximum Gasteiger partial charge on any atom is 0.416 e. The van der Waals surface area contributed by atoms with Crippen molar-refractivity contribution >= 4 is 39.9 Å². The molecule has 0 radical (unpaired) electrons. The van der Waals surface area contributed by atoms with Crippen LogP contribution in [0.15, 0.2) is 63.8 Å². The fourth-order valence-electron chi connectivity index (χ4n) is 4.31. The van der Waals surface area contributed by atoms with Gasteiger partial charge in [-0.05, 0) is 42.3 Å². The second kappa shape index (κ2) is 8.81. The van der Waals surface area contributed by atoms with Crippen molar-refractivity contribution in [3.63, 3.8) is 0 Å². The van der Waals surface area contributed by atoms with Crippen molar-refractivity contribution in [2.45, 2.75) is 26.1 Å². The summed E-state index contributed by atoms with van der Waals surface area (Å²) in [5, 5.41) is 0.956. The summed E-state index contributed by atoms with van der Waals surface area (Å²) < 4.78 is 50.8. The van der Waals surface area contributed by atoms with Gasteiger partial charge < -0.3 is 14.1 Å². The summed E-state index contributed by atoms with van der Waals surface area (Å²) in [4.78, 5) is 14.6. The molecule has 0 atom stereocenters. The Morgan fingerprint density at radius 2 is 1.77 bits per heavy atom. The second-order valence-corrected chi connectivity index (χ2v) is 9.15. The molecule has 0 spiro atoms. The zero-order valence-corrected chi connectivity index (χ0v) is 19.9. The van der Waals surface area contributed by atoms with Crippen molar-refractivity contribution in [1.29, 1.82) is 0 Å². The Balaban J connectivity index is 1.58. The van der Waals surface area contributed by atoms with E-state index in [1.54, 1.807) is 11.0 Å². The number of hydrogen-bond donors (Lipinski definition) is 0. The van der Waals surface area contributed by atoms with Gasteiger partial charge in [-0.1, -0.05) is 53.5 Å². The Hall–Kier alpha value is -3.16. The fraction of sp³-hybridized carbons (Fsp3) is 0.192. The summed E-state index contributed by atoms with van der Waals surface area (Å²) in [5.41, 5.74) is 2.15. The van der Waals surface area contributed by atoms with E-state index < -0.39 is 17.4 Å². The minimum absolute atomic E-state index is 0.0125. The lowest BCUT2D eigenvalue weighted by molar-refractivity contribution is -0.137. The minimum Gasteiger partial charge on any atom is -0.471 e. The van der Waals surface area contributed by atoms with Gasteiger partial charge in [0.05, 0.1) is 33.4 Å². The van der Waals surface area contributed by atoms with Crippen LogP contribution < -0.4 is 15.3 Å². The van der Waals surface area contributed by atoms with Crippen molar-refractivity contribution in [2.24, 2.45) is 0 Å². The molecule has 0 unspecified atom stereocenters. The van der Waals surface area contributed by atoms with Gasteiger partial charge in [0.2, 0.25) is 0 Å². The van der Waals surface area contributed by atoms with Gasteiger partial charge in [-0.3, -0.25) is 0 Å². The molecule has 2 heterocycles. The van der Waals surface area contributed by atoms with Gasteiger partial charge in [0.25, 0.3) is 0 Å². The predicted molar refractivity (Wildman–Crippen MR) is 130 cm³/mol. The Labute approximate surface area is 208 Å². The number of benzene rings is 3. The lowest BCUT2D eigenvalue weighted by Crippen LogP contribution is -2.32. The number of ether oxygens (including phenoxy) is 1. The third-order valence-corrected chi connectivity index (χ3v) is 6.72. The number of anilines is 1. The predicted octanol–water partition coefficient (Wildman–Crippen LogP) is 7.37. The van der Waals surface area contributed by atoms with E-state index in [1.165, 1.54) is 6.07 Å². The van der Waals surface area contributed by atoms with Crippen LogP contribution in [0.5, 0.6) is 5.75 Å². The van der Waals surface area contributed by atoms with E-state index in [9.17, 15) is 18.0 Å². The van der Waals surface area contributed by atoms with Gasteiger partial charge in [0.15, 0.2) is 6.73 Å². The normalized spacial score (nSPS) is 13.6. The number of hydrogen-bond acceptors (Lipinski definition) is 4. The summed E-state index contributed by atoms with van der Waals surface area (Å²) in [6.07, 6.45) is -4.10. The maximum absolute atomic E-state index is 13.1. The molecule has 180 valence electrons. The standard InChI is InChI=1S/C26H18Cl2F3NO3/c1-14-17-11-21(28)24-19(23(17)35-25(33)18(14)9-15-5-3-2-4-6-15)12-32(13-34-24)22-8-7-16(10-20(22)27)26(29,30)31/h2-8,10-11H,9,12-13H2,1H3. The zero-order chi connectivity index (χ0) is 24.9. The molecule has 0 saturated carbocycles. The first-order valence-electron chi connectivity index (χ1n) is 10.7. The van der Waals surface area contributed by atoms with Crippen LogP contribution in [0, 0.1) is 6.92 Å². The Morgan fingerprint density at radius 1 is 1.03 bits per heavy atom. The van der Waals surface area contributed by atoms with Crippen LogP contribution in [-0.4, -0.2) is 6.73 Å². The van der Waals surface area contributed by atoms with E-state index in [2.05, 4.69) is 0 Å². The van der Waals surface area contributed by atoms with Crippen molar-refractivity contribution in [1.82, 2.24) is 0 Å². The van der Waals surface area contributed by atoms with E-state index >= 15 is 0 Å². The second-order valence-electron chi connectivity index (χ2n) is 8.33. The highest BCUT2D eigenvalue weighted by atomic mass is 35.5. The molecule has 4 nitrogen and oxygen atoms in total. The van der Waals surface area contributed by atoms with Crippen LogP contribution in [0.1, 0.15) is 27.8 Å². The zero-order valence-electron chi connectivity index (χ0n) is 18.4. The van der Waals surface area contributed by atoms with Gasteiger partial charge in [-0.2, -0.15) is 13.2 Å². The number of halogens is 5. The van der Waals surface area contributed by atoms with Crippen LogP contribution in [0.3, 0.4) is 0 Å². The average Bonchev–Trinajstić information content (AvgIpc) is 2.82. The SMILES string of the molecule is Cc1c(Cc2ccccc2)c(=O)oc2c3c(c(Cl)cc12)OCN(c1ccc(C(F)(F)F)cc1Cl)C3. The molecule has 1 aliphatic heterocycles. The Kier molecular flexibility index (Phi) is 5.93. The molecule has 0 amide bonds. The van der Waals surface area contributed by atoms with E-state index in [0.717, 1.165) is 23.3 Å². The largest absolute Gasteiger partial charge is 0.471 e. The fourth-order valence-corrected chi connectivity index (χ4v) is 4.89. The van der Waals surface area contributed by atoms with Gasteiger partial charge in [0.1, 0.15) is 11.3 Å². The molecule has 0 fully saturated rings. The van der Waals surface area contributed by atoms with E-state index in [0.29, 0.717) is 45.0 Å². The first-order chi connectivity index (χ1) is 16.6. The molecule has 4 aromatic rings. The molecule has 3 aromatic carbocycles. The minimum atomic E-state index is -4.50. The molecule has 0 bridgehead atoms. The highest BCUT2D eigenvalue weighted by Gasteiger charge is 2.32. The number of fused-ring (bicyclic) bond motifs is 3. The maximum atomic E-state index is 13.1. The highest BCUT2D eigenvalue weighted by molar-refractivity contribution is 6.33. The van der Waals surface area contributed by atoms with Crippen LogP contribution in [0.2, 0.25) is 10.0 Å². The first kappa shape index (κ1) is 23.6. The molecule has 1 aliphatic rings. The smallest absolute Gasteiger partial charge is 0.416 e. The van der Waals surface area contributed by atoms with Crippen LogP contribution in [-0.2, 0) is 19.1 Å². The first-order valence-corrected chi connectivity index (χ1v) is 11.4. The Morgan fingerprint density at radius 3 is 2.46 bits per heavy atom. The number of nitrogens with zero attached hydrogens (tertiary/aromatic N) is 1. The molecule has 0 aliphatic carbocycles. The quantitative estimate of drug-likeness (QED) is 0.265. The molecule has 1 aromatic heterocycles. The highest BCUT2D eigenvalue weighted by Crippen LogP contribution is 2.42. The Bertz CT molecular complexity index is 1500. The summed E-state index contributed by atoms with van der Waals surface area (Å²) >= 11 is 12.7.